The van der Waals surface area contributed by atoms with Crippen molar-refractivity contribution in [3.05, 3.63) is 65.5 Å². The molecule has 88 valence electrons. The number of nitrogens with one attached hydrogen (secondary N) is 1. The summed E-state index contributed by atoms with van der Waals surface area (Å²) in [7, 11) is 0. The lowest BCUT2D eigenvalue weighted by molar-refractivity contribution is 0.719. The van der Waals surface area contributed by atoms with Crippen LogP contribution in [0.4, 0.5) is 0 Å². The van der Waals surface area contributed by atoms with Crippen LogP contribution in [0, 0.1) is 3.57 Å². The Balaban J connectivity index is 2.48. The number of nitrogens with zero attached hydrogens (tertiary/aromatic N) is 1. The van der Waals surface area contributed by atoms with E-state index in [1.54, 1.807) is 0 Å². The normalized spacial score (nSPS) is 10.5. The quantitative estimate of drug-likeness (QED) is 0.655. The molecule has 4 nitrogen and oxygen atoms in total. The van der Waals surface area contributed by atoms with Crippen LogP contribution in [-0.4, -0.2) is 9.55 Å². The number of H-pyrrole nitrogens is 1. The lowest BCUT2D eigenvalue weighted by Gasteiger charge is -2.08. The SMILES string of the molecule is O=c1cc(Cl)n(Cc2ccccc2I)c(=O)[nH]1. The first-order valence-electron chi connectivity index (χ1n) is 4.81. The highest BCUT2D eigenvalue weighted by Crippen LogP contribution is 2.13. The molecular formula is C11H8ClIN2O2. The van der Waals surface area contributed by atoms with Crippen molar-refractivity contribution in [2.24, 2.45) is 0 Å². The van der Waals surface area contributed by atoms with E-state index in [4.69, 9.17) is 11.6 Å². The minimum atomic E-state index is -0.498. The zero-order valence-corrected chi connectivity index (χ0v) is 11.5. The van der Waals surface area contributed by atoms with Crippen molar-refractivity contribution in [3.8, 4) is 0 Å². The van der Waals surface area contributed by atoms with Gasteiger partial charge in [0.2, 0.25) is 0 Å². The van der Waals surface area contributed by atoms with E-state index in [0.717, 1.165) is 9.13 Å². The Morgan fingerprint density at radius 3 is 2.65 bits per heavy atom. The highest BCUT2D eigenvalue weighted by Gasteiger charge is 2.06. The molecule has 1 aromatic heterocycles. The number of halogens is 2. The standard InChI is InChI=1S/C11H8ClIN2O2/c12-9-5-10(16)14-11(17)15(9)6-7-3-1-2-4-8(7)13/h1-5H,6H2,(H,14,16,17). The molecule has 17 heavy (non-hydrogen) atoms. The number of hydrogen-bond acceptors (Lipinski definition) is 2. The van der Waals surface area contributed by atoms with Gasteiger partial charge in [-0.2, -0.15) is 0 Å². The summed E-state index contributed by atoms with van der Waals surface area (Å²) < 4.78 is 2.36. The van der Waals surface area contributed by atoms with Crippen molar-refractivity contribution in [1.82, 2.24) is 9.55 Å². The highest BCUT2D eigenvalue weighted by molar-refractivity contribution is 14.1. The molecule has 6 heteroatoms. The van der Waals surface area contributed by atoms with E-state index in [0.29, 0.717) is 6.54 Å². The maximum absolute atomic E-state index is 11.6. The number of rotatable bonds is 2. The van der Waals surface area contributed by atoms with Gasteiger partial charge in [0.25, 0.3) is 5.56 Å². The number of aromatic nitrogens is 2. The smallest absolute Gasteiger partial charge is 0.279 e. The molecular weight excluding hydrogens is 354 g/mol. The fraction of sp³-hybridized carbons (Fsp3) is 0.0909. The summed E-state index contributed by atoms with van der Waals surface area (Å²) in [6, 6.07) is 8.86. The minimum Gasteiger partial charge on any atom is -0.279 e. The maximum atomic E-state index is 11.6. The molecule has 0 aliphatic carbocycles. The van der Waals surface area contributed by atoms with E-state index in [-0.39, 0.29) is 5.15 Å². The van der Waals surface area contributed by atoms with Crippen LogP contribution in [0.1, 0.15) is 5.56 Å². The van der Waals surface area contributed by atoms with Crippen molar-refractivity contribution >= 4 is 34.2 Å². The van der Waals surface area contributed by atoms with Crippen LogP contribution in [0.3, 0.4) is 0 Å². The van der Waals surface area contributed by atoms with Gasteiger partial charge in [-0.1, -0.05) is 29.8 Å². The molecule has 2 rings (SSSR count). The van der Waals surface area contributed by atoms with Crippen LogP contribution in [0.5, 0.6) is 0 Å². The molecule has 0 saturated carbocycles. The van der Waals surface area contributed by atoms with Crippen LogP contribution in [-0.2, 0) is 6.54 Å². The van der Waals surface area contributed by atoms with Gasteiger partial charge >= 0.3 is 5.69 Å². The average Bonchev–Trinajstić information content (AvgIpc) is 2.25. The lowest BCUT2D eigenvalue weighted by Crippen LogP contribution is -2.30. The maximum Gasteiger partial charge on any atom is 0.329 e. The molecule has 0 unspecified atom stereocenters. The third-order valence-electron chi connectivity index (χ3n) is 2.27. The van der Waals surface area contributed by atoms with Gasteiger partial charge in [-0.3, -0.25) is 14.3 Å². The van der Waals surface area contributed by atoms with E-state index in [1.165, 1.54) is 10.6 Å². The first-order chi connectivity index (χ1) is 8.08. The summed E-state index contributed by atoms with van der Waals surface area (Å²) in [5.74, 6) is 0. The van der Waals surface area contributed by atoms with Gasteiger partial charge in [-0.15, -0.1) is 0 Å². The Morgan fingerprint density at radius 2 is 2.00 bits per heavy atom. The largest absolute Gasteiger partial charge is 0.329 e. The summed E-state index contributed by atoms with van der Waals surface area (Å²) in [5.41, 5.74) is -0.00897. The molecule has 1 N–H and O–H groups in total. The van der Waals surface area contributed by atoms with Crippen molar-refractivity contribution in [1.29, 1.82) is 0 Å². The predicted molar refractivity (Wildman–Crippen MR) is 74.6 cm³/mol. The van der Waals surface area contributed by atoms with E-state index in [2.05, 4.69) is 27.6 Å². The van der Waals surface area contributed by atoms with Gasteiger partial charge < -0.3 is 0 Å². The van der Waals surface area contributed by atoms with Gasteiger partial charge in [0, 0.05) is 9.64 Å². The zero-order valence-electron chi connectivity index (χ0n) is 8.61. The number of benzene rings is 1. The van der Waals surface area contributed by atoms with Crippen LogP contribution in [0.2, 0.25) is 5.15 Å². The van der Waals surface area contributed by atoms with Crippen molar-refractivity contribution in [2.75, 3.05) is 0 Å². The van der Waals surface area contributed by atoms with Crippen LogP contribution in [0.15, 0.2) is 39.9 Å². The molecule has 0 aliphatic heterocycles. The first kappa shape index (κ1) is 12.4. The zero-order chi connectivity index (χ0) is 12.4. The van der Waals surface area contributed by atoms with E-state index in [1.807, 2.05) is 24.3 Å². The fourth-order valence-corrected chi connectivity index (χ4v) is 2.23. The Kier molecular flexibility index (Phi) is 3.68. The Hall–Kier alpha value is -1.08. The highest BCUT2D eigenvalue weighted by atomic mass is 127. The van der Waals surface area contributed by atoms with Gasteiger partial charge in [0.1, 0.15) is 5.15 Å². The van der Waals surface area contributed by atoms with Crippen molar-refractivity contribution in [2.45, 2.75) is 6.54 Å². The summed E-state index contributed by atoms with van der Waals surface area (Å²) in [6.45, 7) is 0.341. The molecule has 1 heterocycles. The fourth-order valence-electron chi connectivity index (χ4n) is 1.44. The van der Waals surface area contributed by atoms with Gasteiger partial charge in [-0.05, 0) is 34.2 Å². The molecule has 1 aromatic carbocycles. The van der Waals surface area contributed by atoms with E-state index >= 15 is 0 Å². The second kappa shape index (κ2) is 5.05. The predicted octanol–water partition coefficient (Wildman–Crippen LogP) is 1.84. The molecule has 0 atom stereocenters. The van der Waals surface area contributed by atoms with Gasteiger partial charge in [-0.25, -0.2) is 4.79 Å². The third kappa shape index (κ3) is 2.78. The average molecular weight is 363 g/mol. The topological polar surface area (TPSA) is 54.9 Å². The second-order valence-corrected chi connectivity index (χ2v) is 4.99. The van der Waals surface area contributed by atoms with Crippen LogP contribution in [0.25, 0.3) is 0 Å². The lowest BCUT2D eigenvalue weighted by atomic mass is 10.2. The second-order valence-electron chi connectivity index (χ2n) is 3.44. The molecule has 0 fully saturated rings. The Bertz CT molecular complexity index is 663. The first-order valence-corrected chi connectivity index (χ1v) is 6.26. The number of hydrogen-bond donors (Lipinski definition) is 1. The summed E-state index contributed by atoms with van der Waals surface area (Å²) in [5, 5.41) is 0.137. The van der Waals surface area contributed by atoms with E-state index in [9.17, 15) is 9.59 Å². The number of aromatic amines is 1. The van der Waals surface area contributed by atoms with Crippen LogP contribution >= 0.6 is 34.2 Å². The van der Waals surface area contributed by atoms with Gasteiger partial charge in [0.15, 0.2) is 0 Å². The Morgan fingerprint density at radius 1 is 1.29 bits per heavy atom. The van der Waals surface area contributed by atoms with Gasteiger partial charge in [0.05, 0.1) is 6.54 Å². The van der Waals surface area contributed by atoms with E-state index < -0.39 is 11.2 Å². The van der Waals surface area contributed by atoms with Crippen LogP contribution < -0.4 is 11.2 Å². The Labute approximate surface area is 115 Å². The third-order valence-corrected chi connectivity index (χ3v) is 3.64. The van der Waals surface area contributed by atoms with Crippen molar-refractivity contribution < 1.29 is 0 Å². The minimum absolute atomic E-state index is 0.137. The monoisotopic (exact) mass is 362 g/mol. The molecule has 0 aliphatic rings. The molecule has 0 amide bonds. The summed E-state index contributed by atoms with van der Waals surface area (Å²) >= 11 is 8.06. The molecule has 0 spiro atoms. The summed E-state index contributed by atoms with van der Waals surface area (Å²) in [6.07, 6.45) is 0. The molecule has 0 radical (unpaired) electrons. The molecule has 0 saturated heterocycles. The molecule has 2 aromatic rings. The van der Waals surface area contributed by atoms with Crippen molar-refractivity contribution in [3.63, 3.8) is 0 Å². The summed E-state index contributed by atoms with van der Waals surface area (Å²) in [4.78, 5) is 24.8. The molecule has 0 bridgehead atoms.